The molecule has 10 heteroatoms. The maximum absolute atomic E-state index is 10.5. The summed E-state index contributed by atoms with van der Waals surface area (Å²) < 4.78 is 23.8. The molecule has 0 aromatic rings. The number of fused-ring (bicyclic) bond motifs is 1. The van der Waals surface area contributed by atoms with E-state index in [0.717, 1.165) is 0 Å². The van der Waals surface area contributed by atoms with Gasteiger partial charge >= 0.3 is 0 Å². The molecule has 0 spiro atoms. The number of ether oxygens (including phenoxy) is 3. The third-order valence-corrected chi connectivity index (χ3v) is 9.63. The lowest BCUT2D eigenvalue weighted by atomic mass is 10.1. The standard InChI is InChI=1S/C15H29N3O6Si/c1-13(2,3)25(6,7)21-8-15-11(23-14(4,5)24-15)9(19)10(22-15)12(20)17-18-16/h9-12,19-20H,8H2,1-7H3/t9-,10+,11-,12?,15+/m1/s1. The Morgan fingerprint density at radius 3 is 2.44 bits per heavy atom. The monoisotopic (exact) mass is 375 g/mol. The fourth-order valence-electron chi connectivity index (χ4n) is 2.79. The van der Waals surface area contributed by atoms with Gasteiger partial charge < -0.3 is 28.8 Å². The van der Waals surface area contributed by atoms with Crippen LogP contribution >= 0.6 is 0 Å². The summed E-state index contributed by atoms with van der Waals surface area (Å²) in [5.74, 6) is -2.34. The second-order valence-electron chi connectivity index (χ2n) is 8.59. The van der Waals surface area contributed by atoms with Crippen molar-refractivity contribution in [2.75, 3.05) is 6.61 Å². The van der Waals surface area contributed by atoms with Crippen molar-refractivity contribution >= 4 is 8.32 Å². The molecule has 0 bridgehead atoms. The van der Waals surface area contributed by atoms with Gasteiger partial charge in [0, 0.05) is 4.91 Å². The van der Waals surface area contributed by atoms with Gasteiger partial charge in [0.2, 0.25) is 5.79 Å². The zero-order valence-electron chi connectivity index (χ0n) is 15.9. The summed E-state index contributed by atoms with van der Waals surface area (Å²) in [5, 5.41) is 23.6. The Bertz CT molecular complexity index is 560. The summed E-state index contributed by atoms with van der Waals surface area (Å²) in [4.78, 5) is 2.56. The van der Waals surface area contributed by atoms with Crippen molar-refractivity contribution in [2.45, 2.75) is 88.9 Å². The van der Waals surface area contributed by atoms with Gasteiger partial charge in [0.05, 0.1) is 6.61 Å². The van der Waals surface area contributed by atoms with Crippen LogP contribution in [-0.4, -0.2) is 61.3 Å². The molecule has 2 rings (SSSR count). The molecule has 2 N–H and O–H groups in total. The molecule has 2 aliphatic heterocycles. The number of aliphatic hydroxyl groups excluding tert-OH is 2. The zero-order valence-corrected chi connectivity index (χ0v) is 16.9. The van der Waals surface area contributed by atoms with Crippen LogP contribution < -0.4 is 0 Å². The Balaban J connectivity index is 2.25. The minimum Gasteiger partial charge on any atom is -0.411 e. The molecule has 0 aliphatic carbocycles. The largest absolute Gasteiger partial charge is 0.411 e. The van der Waals surface area contributed by atoms with Crippen molar-refractivity contribution < 1.29 is 28.8 Å². The predicted molar refractivity (Wildman–Crippen MR) is 91.9 cm³/mol. The Kier molecular flexibility index (Phi) is 5.33. The van der Waals surface area contributed by atoms with Gasteiger partial charge in [0.1, 0.15) is 18.3 Å². The van der Waals surface area contributed by atoms with Crippen LogP contribution in [0.5, 0.6) is 0 Å². The van der Waals surface area contributed by atoms with Crippen LogP contribution in [0, 0.1) is 0 Å². The van der Waals surface area contributed by atoms with Gasteiger partial charge in [0.15, 0.2) is 20.3 Å². The lowest BCUT2D eigenvalue weighted by molar-refractivity contribution is -0.280. The first-order valence-electron chi connectivity index (χ1n) is 8.35. The second kappa shape index (κ2) is 6.47. The maximum Gasteiger partial charge on any atom is 0.223 e. The highest BCUT2D eigenvalue weighted by molar-refractivity contribution is 6.74. The highest BCUT2D eigenvalue weighted by Gasteiger charge is 2.66. The molecule has 9 nitrogen and oxygen atoms in total. The minimum atomic E-state index is -2.11. The van der Waals surface area contributed by atoms with E-state index in [-0.39, 0.29) is 11.6 Å². The first-order valence-corrected chi connectivity index (χ1v) is 11.3. The molecule has 25 heavy (non-hydrogen) atoms. The van der Waals surface area contributed by atoms with Crippen LogP contribution in [0.4, 0.5) is 0 Å². The SMILES string of the molecule is CC1(C)O[C@@H]2[C@H](O)[C@@H](C(O)N=[N+]=[N-])O[C@@]2(CO[Si](C)(C)C(C)(C)C)O1. The van der Waals surface area contributed by atoms with Crippen molar-refractivity contribution in [3.05, 3.63) is 10.4 Å². The number of nitrogens with zero attached hydrogens (tertiary/aromatic N) is 3. The van der Waals surface area contributed by atoms with E-state index in [1.807, 2.05) is 0 Å². The molecule has 2 aliphatic rings. The third-order valence-electron chi connectivity index (χ3n) is 5.15. The summed E-state index contributed by atoms with van der Waals surface area (Å²) >= 11 is 0. The molecule has 0 aromatic carbocycles. The number of rotatable bonds is 5. The van der Waals surface area contributed by atoms with Gasteiger partial charge in [-0.3, -0.25) is 0 Å². The predicted octanol–water partition coefficient (Wildman–Crippen LogP) is 2.24. The van der Waals surface area contributed by atoms with Gasteiger partial charge in [-0.25, -0.2) is 0 Å². The Hall–Kier alpha value is -0.713. The summed E-state index contributed by atoms with van der Waals surface area (Å²) in [5.41, 5.74) is 8.51. The Labute approximate surface area is 149 Å². The average molecular weight is 375 g/mol. The van der Waals surface area contributed by atoms with Gasteiger partial charge in [-0.15, -0.1) is 0 Å². The van der Waals surface area contributed by atoms with E-state index in [9.17, 15) is 10.2 Å². The quantitative estimate of drug-likeness (QED) is 0.328. The fourth-order valence-corrected chi connectivity index (χ4v) is 3.78. The second-order valence-corrected chi connectivity index (χ2v) is 13.4. The molecular weight excluding hydrogens is 346 g/mol. The molecule has 0 radical (unpaired) electrons. The molecule has 0 aromatic heterocycles. The zero-order chi connectivity index (χ0) is 19.3. The highest BCUT2D eigenvalue weighted by Crippen LogP contribution is 2.47. The number of aliphatic hydroxyl groups is 2. The van der Waals surface area contributed by atoms with Gasteiger partial charge in [-0.2, -0.15) is 0 Å². The molecule has 1 unspecified atom stereocenters. The summed E-state index contributed by atoms with van der Waals surface area (Å²) in [6.45, 7) is 14.0. The van der Waals surface area contributed by atoms with Crippen LogP contribution in [-0.2, 0) is 18.6 Å². The lowest BCUT2D eigenvalue weighted by Crippen LogP contribution is -2.50. The molecule has 2 fully saturated rings. The summed E-state index contributed by atoms with van der Waals surface area (Å²) in [6.07, 6.45) is -4.78. The molecule has 5 atom stereocenters. The minimum absolute atomic E-state index is 0.0185. The lowest BCUT2D eigenvalue weighted by Gasteiger charge is -2.39. The van der Waals surface area contributed by atoms with Crippen molar-refractivity contribution in [1.29, 1.82) is 0 Å². The van der Waals surface area contributed by atoms with Crippen LogP contribution in [0.15, 0.2) is 5.11 Å². The van der Waals surface area contributed by atoms with Crippen molar-refractivity contribution in [2.24, 2.45) is 5.11 Å². The molecular formula is C15H29N3O6Si. The normalized spacial score (nSPS) is 36.0. The number of azide groups is 1. The van der Waals surface area contributed by atoms with Crippen molar-refractivity contribution in [3.8, 4) is 0 Å². The van der Waals surface area contributed by atoms with Crippen LogP contribution in [0.1, 0.15) is 34.6 Å². The first-order chi connectivity index (χ1) is 11.2. The van der Waals surface area contributed by atoms with Crippen LogP contribution in [0.3, 0.4) is 0 Å². The number of hydrogen-bond donors (Lipinski definition) is 2. The first kappa shape index (κ1) is 20.6. The van der Waals surface area contributed by atoms with Gasteiger partial charge in [-0.05, 0) is 37.5 Å². The van der Waals surface area contributed by atoms with E-state index >= 15 is 0 Å². The van der Waals surface area contributed by atoms with Crippen molar-refractivity contribution in [3.63, 3.8) is 0 Å². The maximum atomic E-state index is 10.5. The van der Waals surface area contributed by atoms with Gasteiger partial charge in [-0.1, -0.05) is 25.9 Å². The fraction of sp³-hybridized carbons (Fsp3) is 1.00. The highest BCUT2D eigenvalue weighted by atomic mass is 28.4. The van der Waals surface area contributed by atoms with E-state index in [4.69, 9.17) is 24.2 Å². The van der Waals surface area contributed by atoms with Crippen LogP contribution in [0.2, 0.25) is 18.1 Å². The van der Waals surface area contributed by atoms with Crippen molar-refractivity contribution in [1.82, 2.24) is 0 Å². The van der Waals surface area contributed by atoms with Gasteiger partial charge in [0.25, 0.3) is 0 Å². The Morgan fingerprint density at radius 1 is 1.32 bits per heavy atom. The summed E-state index contributed by atoms with van der Waals surface area (Å²) in [7, 11) is -2.11. The Morgan fingerprint density at radius 2 is 1.92 bits per heavy atom. The average Bonchev–Trinajstić information content (AvgIpc) is 2.86. The van der Waals surface area contributed by atoms with E-state index < -0.39 is 44.4 Å². The topological polar surface area (TPSA) is 126 Å². The van der Waals surface area contributed by atoms with E-state index in [0.29, 0.717) is 0 Å². The third kappa shape index (κ3) is 3.86. The van der Waals surface area contributed by atoms with Crippen LogP contribution in [0.25, 0.3) is 10.4 Å². The molecule has 0 amide bonds. The van der Waals surface area contributed by atoms with E-state index in [1.165, 1.54) is 0 Å². The molecule has 0 saturated carbocycles. The molecule has 144 valence electrons. The summed E-state index contributed by atoms with van der Waals surface area (Å²) in [6, 6.07) is 0. The number of hydrogen-bond acceptors (Lipinski definition) is 7. The van der Waals surface area contributed by atoms with E-state index in [1.54, 1.807) is 13.8 Å². The molecule has 2 heterocycles. The smallest absolute Gasteiger partial charge is 0.223 e. The molecule has 2 saturated heterocycles. The van der Waals surface area contributed by atoms with E-state index in [2.05, 4.69) is 43.9 Å².